The molecule has 2 amide bonds. The maximum absolute atomic E-state index is 13.1. The van der Waals surface area contributed by atoms with Gasteiger partial charge in [0.25, 0.3) is 0 Å². The van der Waals surface area contributed by atoms with E-state index in [9.17, 15) is 18.0 Å². The number of imide groups is 1. The number of nitrogens with zero attached hydrogens (tertiary/aromatic N) is 1. The van der Waals surface area contributed by atoms with Gasteiger partial charge in [-0.1, -0.05) is 50.1 Å². The molecule has 3 aliphatic rings. The van der Waals surface area contributed by atoms with Crippen molar-refractivity contribution in [2.45, 2.75) is 25.9 Å². The van der Waals surface area contributed by atoms with Gasteiger partial charge in [0, 0.05) is 9.65 Å². The highest BCUT2D eigenvalue weighted by Gasteiger charge is 2.66. The molecule has 29 heavy (non-hydrogen) atoms. The summed E-state index contributed by atoms with van der Waals surface area (Å²) in [4.78, 5) is 28.1. The second-order valence-corrected chi connectivity index (χ2v) is 11.9. The zero-order chi connectivity index (χ0) is 20.5. The largest absolute Gasteiger partial charge is 0.274 e. The monoisotopic (exact) mass is 537 g/mol. The smallest absolute Gasteiger partial charge is 0.238 e. The Labute approximate surface area is 185 Å². The molecule has 5 rings (SSSR count). The van der Waals surface area contributed by atoms with Crippen LogP contribution in [0.2, 0.25) is 0 Å². The lowest BCUT2D eigenvalue weighted by Gasteiger charge is -2.28. The van der Waals surface area contributed by atoms with Crippen molar-refractivity contribution in [3.8, 4) is 0 Å². The second kappa shape index (κ2) is 6.75. The van der Waals surface area contributed by atoms with E-state index in [1.165, 1.54) is 17.0 Å². The summed E-state index contributed by atoms with van der Waals surface area (Å²) in [5.41, 5.74) is 0.429. The summed E-state index contributed by atoms with van der Waals surface area (Å²) in [5, 5.41) is 0. The van der Waals surface area contributed by atoms with Gasteiger partial charge in [-0.3, -0.25) is 14.5 Å². The maximum atomic E-state index is 13.1. The molecule has 0 unspecified atom stereocenters. The number of amides is 2. The summed E-state index contributed by atoms with van der Waals surface area (Å²) in [6.45, 7) is 0. The highest BCUT2D eigenvalue weighted by Crippen LogP contribution is 2.60. The predicted molar refractivity (Wildman–Crippen MR) is 115 cm³/mol. The van der Waals surface area contributed by atoms with Gasteiger partial charge < -0.3 is 0 Å². The fourth-order valence-electron chi connectivity index (χ4n) is 5.11. The number of carbonyl (C=O) groups excluding carboxylic acids is 2. The Morgan fingerprint density at radius 3 is 1.76 bits per heavy atom. The van der Waals surface area contributed by atoms with Crippen LogP contribution < -0.4 is 4.90 Å². The maximum Gasteiger partial charge on any atom is 0.238 e. The van der Waals surface area contributed by atoms with Crippen LogP contribution in [0.4, 0.5) is 5.69 Å². The number of benzene rings is 2. The lowest BCUT2D eigenvalue weighted by Crippen LogP contribution is -2.37. The van der Waals surface area contributed by atoms with Crippen molar-refractivity contribution in [2.75, 3.05) is 4.90 Å². The van der Waals surface area contributed by atoms with Crippen molar-refractivity contribution >= 4 is 59.2 Å². The lowest BCUT2D eigenvalue weighted by atomic mass is 9.81. The number of anilines is 1. The van der Waals surface area contributed by atoms with Crippen molar-refractivity contribution in [1.82, 2.24) is 0 Å². The summed E-state index contributed by atoms with van der Waals surface area (Å²) in [5.74, 6) is -0.635. The van der Waals surface area contributed by atoms with Gasteiger partial charge in [-0.2, -0.15) is 0 Å². The molecule has 0 aromatic heterocycles. The van der Waals surface area contributed by atoms with Crippen LogP contribution >= 0.6 is 31.9 Å². The molecule has 2 bridgehead atoms. The van der Waals surface area contributed by atoms with E-state index in [1.54, 1.807) is 42.5 Å². The first-order valence-electron chi connectivity index (χ1n) is 9.38. The summed E-state index contributed by atoms with van der Waals surface area (Å²) < 4.78 is 25.5. The molecule has 2 aromatic rings. The summed E-state index contributed by atoms with van der Waals surface area (Å²) in [7, 11) is -3.64. The van der Waals surface area contributed by atoms with E-state index in [0.29, 0.717) is 5.69 Å². The normalized spacial score (nSPS) is 33.4. The quantitative estimate of drug-likeness (QED) is 0.440. The Kier molecular flexibility index (Phi) is 4.53. The molecular formula is C21H17Br2NO4S. The molecule has 0 N–H and O–H groups in total. The lowest BCUT2D eigenvalue weighted by molar-refractivity contribution is -0.123. The van der Waals surface area contributed by atoms with Crippen molar-refractivity contribution in [2.24, 2.45) is 23.7 Å². The van der Waals surface area contributed by atoms with Crippen LogP contribution in [0.25, 0.3) is 0 Å². The third-order valence-electron chi connectivity index (χ3n) is 6.45. The second-order valence-electron chi connectivity index (χ2n) is 7.83. The zero-order valence-electron chi connectivity index (χ0n) is 15.1. The van der Waals surface area contributed by atoms with E-state index in [0.717, 1.165) is 6.42 Å². The van der Waals surface area contributed by atoms with Gasteiger partial charge in [-0.15, -0.1) is 0 Å². The van der Waals surface area contributed by atoms with Crippen LogP contribution in [-0.2, 0) is 19.4 Å². The fraction of sp³-hybridized carbons (Fsp3) is 0.333. The van der Waals surface area contributed by atoms with E-state index in [4.69, 9.17) is 0 Å². The van der Waals surface area contributed by atoms with Crippen molar-refractivity contribution < 1.29 is 18.0 Å². The Bertz CT molecular complexity index is 1070. The van der Waals surface area contributed by atoms with Crippen molar-refractivity contribution in [1.29, 1.82) is 0 Å². The van der Waals surface area contributed by atoms with Gasteiger partial charge in [0.05, 0.1) is 27.3 Å². The van der Waals surface area contributed by atoms with Gasteiger partial charge in [0.15, 0.2) is 0 Å². The molecule has 0 radical (unpaired) electrons. The van der Waals surface area contributed by atoms with Crippen LogP contribution in [-0.4, -0.2) is 29.9 Å². The number of sulfone groups is 1. The summed E-state index contributed by atoms with van der Waals surface area (Å²) in [6.07, 6.45) is 0.876. The van der Waals surface area contributed by atoms with Gasteiger partial charge in [0.2, 0.25) is 21.7 Å². The molecule has 0 spiro atoms. The first-order valence-corrected chi connectivity index (χ1v) is 12.7. The molecule has 1 saturated heterocycles. The molecular weight excluding hydrogens is 522 g/mol. The molecule has 6 atom stereocenters. The highest BCUT2D eigenvalue weighted by atomic mass is 79.9. The van der Waals surface area contributed by atoms with Gasteiger partial charge in [-0.25, -0.2) is 8.42 Å². The van der Waals surface area contributed by atoms with Gasteiger partial charge in [-0.05, 0) is 54.7 Å². The third-order valence-corrected chi connectivity index (χ3v) is 11.4. The standard InChI is InChI=1S/C21H17Br2NO4S/c22-18-14-10-15(19(18)23)17-16(14)20(25)24(21(17)26)11-6-8-13(9-7-11)29(27,28)12-4-2-1-3-5-12/h1-9,14-19H,10H2/t14-,15-,16-,17+,18-,19+/m1/s1. The summed E-state index contributed by atoms with van der Waals surface area (Å²) in [6, 6.07) is 14.2. The Morgan fingerprint density at radius 1 is 0.759 bits per heavy atom. The number of alkyl halides is 2. The minimum Gasteiger partial charge on any atom is -0.274 e. The van der Waals surface area contributed by atoms with E-state index < -0.39 is 9.84 Å². The molecule has 150 valence electrons. The number of rotatable bonds is 3. The first-order chi connectivity index (χ1) is 13.8. The minimum absolute atomic E-state index is 0.132. The van der Waals surface area contributed by atoms with E-state index in [-0.39, 0.29) is 54.9 Å². The van der Waals surface area contributed by atoms with Crippen LogP contribution in [0, 0.1) is 23.7 Å². The van der Waals surface area contributed by atoms with Crippen LogP contribution in [0.5, 0.6) is 0 Å². The SMILES string of the molecule is O=C1[C@@H]2[C@H]3C[C@@H]([C@H](Br)[C@@H]3Br)[C@@H]2C(=O)N1c1ccc(S(=O)(=O)c2ccccc2)cc1. The van der Waals surface area contributed by atoms with Crippen molar-refractivity contribution in [3.05, 3.63) is 54.6 Å². The number of halogens is 2. The molecule has 2 aromatic carbocycles. The molecule has 2 aliphatic carbocycles. The zero-order valence-corrected chi connectivity index (χ0v) is 19.1. The van der Waals surface area contributed by atoms with Crippen LogP contribution in [0.15, 0.2) is 64.4 Å². The van der Waals surface area contributed by atoms with Crippen LogP contribution in [0.3, 0.4) is 0 Å². The predicted octanol–water partition coefficient (Wildman–Crippen LogP) is 3.80. The van der Waals surface area contributed by atoms with Crippen LogP contribution in [0.1, 0.15) is 6.42 Å². The Balaban J connectivity index is 1.46. The number of carbonyl (C=O) groups is 2. The van der Waals surface area contributed by atoms with E-state index >= 15 is 0 Å². The number of hydrogen-bond acceptors (Lipinski definition) is 4. The number of fused-ring (bicyclic) bond motifs is 5. The highest BCUT2D eigenvalue weighted by molar-refractivity contribution is 9.12. The van der Waals surface area contributed by atoms with E-state index in [1.807, 2.05) is 0 Å². The Hall–Kier alpha value is -1.51. The number of hydrogen-bond donors (Lipinski definition) is 0. The van der Waals surface area contributed by atoms with Gasteiger partial charge in [0.1, 0.15) is 0 Å². The van der Waals surface area contributed by atoms with Gasteiger partial charge >= 0.3 is 0 Å². The average molecular weight is 539 g/mol. The molecule has 8 heteroatoms. The summed E-state index contributed by atoms with van der Waals surface area (Å²) >= 11 is 7.36. The molecule has 5 nitrogen and oxygen atoms in total. The first kappa shape index (κ1) is 19.5. The molecule has 1 heterocycles. The molecule has 2 saturated carbocycles. The topological polar surface area (TPSA) is 71.5 Å². The average Bonchev–Trinajstić information content (AvgIpc) is 3.34. The van der Waals surface area contributed by atoms with E-state index in [2.05, 4.69) is 31.9 Å². The molecule has 3 fully saturated rings. The molecule has 1 aliphatic heterocycles. The Morgan fingerprint density at radius 2 is 1.24 bits per heavy atom. The fourth-order valence-corrected chi connectivity index (χ4v) is 8.27. The minimum atomic E-state index is -3.64. The third kappa shape index (κ3) is 2.72. The van der Waals surface area contributed by atoms with Crippen molar-refractivity contribution in [3.63, 3.8) is 0 Å².